The number of hydrogen-bond donors (Lipinski definition) is 2. The minimum atomic E-state index is -0.799. The maximum absolute atomic E-state index is 10.8. The first kappa shape index (κ1) is 14.4. The fourth-order valence-electron chi connectivity index (χ4n) is 1.11. The van der Waals surface area contributed by atoms with E-state index in [9.17, 15) is 14.9 Å². The molecule has 0 atom stereocenters. The van der Waals surface area contributed by atoms with Crippen LogP contribution in [0, 0.1) is 10.1 Å². The molecule has 9 nitrogen and oxygen atoms in total. The van der Waals surface area contributed by atoms with E-state index in [0.29, 0.717) is 0 Å². The molecule has 0 aromatic carbocycles. The molecule has 0 fully saturated rings. The van der Waals surface area contributed by atoms with Gasteiger partial charge in [0.15, 0.2) is 0 Å². The van der Waals surface area contributed by atoms with Crippen molar-refractivity contribution in [3.8, 4) is 0 Å². The Morgan fingerprint density at radius 3 is 2.89 bits per heavy atom. The van der Waals surface area contributed by atoms with Crippen LogP contribution in [0.1, 0.15) is 5.76 Å². The third-order valence-electron chi connectivity index (χ3n) is 1.91. The fraction of sp³-hybridized carbons (Fsp3) is 0.200. The number of aliphatic hydroxyl groups is 1. The van der Waals surface area contributed by atoms with Crippen LogP contribution >= 0.6 is 0 Å². The predicted octanol–water partition coefficient (Wildman–Crippen LogP) is 0.560. The lowest BCUT2D eigenvalue weighted by atomic mass is 10.4. The van der Waals surface area contributed by atoms with Crippen molar-refractivity contribution >= 4 is 24.2 Å². The van der Waals surface area contributed by atoms with Crippen LogP contribution in [0.3, 0.4) is 0 Å². The van der Waals surface area contributed by atoms with Gasteiger partial charge in [-0.25, -0.2) is 9.80 Å². The van der Waals surface area contributed by atoms with Crippen LogP contribution in [-0.2, 0) is 0 Å². The van der Waals surface area contributed by atoms with E-state index in [1.54, 1.807) is 0 Å². The molecule has 0 spiro atoms. The van der Waals surface area contributed by atoms with Crippen LogP contribution in [0.5, 0.6) is 0 Å². The van der Waals surface area contributed by atoms with Crippen molar-refractivity contribution in [1.82, 2.24) is 5.01 Å². The molecule has 1 aromatic heterocycles. The average Bonchev–Trinajstić information content (AvgIpc) is 2.81. The first-order valence-corrected chi connectivity index (χ1v) is 5.17. The number of hydrazone groups is 1. The van der Waals surface area contributed by atoms with Crippen LogP contribution in [0.15, 0.2) is 27.7 Å². The molecule has 0 radical (unpaired) electrons. The van der Waals surface area contributed by atoms with Crippen molar-refractivity contribution in [2.75, 3.05) is 13.2 Å². The van der Waals surface area contributed by atoms with Gasteiger partial charge in [0.1, 0.15) is 10.7 Å². The molecule has 3 N–H and O–H groups in total. The number of hydrogen-bond acceptors (Lipinski definition) is 6. The number of nitrogens with two attached hydrogens (primary N) is 1. The van der Waals surface area contributed by atoms with Crippen molar-refractivity contribution < 1.29 is 19.2 Å². The maximum atomic E-state index is 10.8. The second-order valence-electron chi connectivity index (χ2n) is 3.24. The summed E-state index contributed by atoms with van der Waals surface area (Å²) in [4.78, 5) is 20.5. The van der Waals surface area contributed by atoms with Crippen molar-refractivity contribution in [3.05, 3.63) is 34.1 Å². The number of nitro groups is 1. The summed E-state index contributed by atoms with van der Waals surface area (Å²) in [5, 5.41) is 23.6. The molecule has 2 amide bonds. The number of nitrogens with zero attached hydrogens (tertiary/aromatic N) is 3. The number of urea groups is 1. The Balaban J connectivity index is 2.60. The molecule has 19 heavy (non-hydrogen) atoms. The lowest BCUT2D eigenvalue weighted by Crippen LogP contribution is -2.33. The topological polar surface area (TPSA) is 135 Å². The minimum absolute atomic E-state index is 0.0219. The van der Waals surface area contributed by atoms with Gasteiger partial charge in [-0.2, -0.15) is 5.10 Å². The van der Waals surface area contributed by atoms with Crippen LogP contribution < -0.4 is 5.73 Å². The molecule has 9 heteroatoms. The zero-order chi connectivity index (χ0) is 14.3. The summed E-state index contributed by atoms with van der Waals surface area (Å²) in [7, 11) is 0. The molecule has 0 aliphatic heterocycles. The third kappa shape index (κ3) is 4.60. The monoisotopic (exact) mass is 268 g/mol. The second-order valence-corrected chi connectivity index (χ2v) is 3.24. The Bertz CT molecular complexity index is 508. The molecule has 0 bridgehead atoms. The Hall–Kier alpha value is -2.68. The largest absolute Gasteiger partial charge is 0.433 e. The number of carbonyl (C=O) groups is 1. The Morgan fingerprint density at radius 1 is 1.63 bits per heavy atom. The van der Waals surface area contributed by atoms with Gasteiger partial charge in [0.05, 0.1) is 19.2 Å². The number of rotatable bonds is 6. The van der Waals surface area contributed by atoms with Crippen LogP contribution in [0.2, 0.25) is 0 Å². The van der Waals surface area contributed by atoms with Crippen LogP contribution in [0.25, 0.3) is 6.08 Å². The first-order chi connectivity index (χ1) is 9.04. The second kappa shape index (κ2) is 6.91. The van der Waals surface area contributed by atoms with E-state index in [2.05, 4.69) is 5.10 Å². The molecule has 0 unspecified atom stereocenters. The highest BCUT2D eigenvalue weighted by Gasteiger charge is 2.09. The van der Waals surface area contributed by atoms with E-state index >= 15 is 0 Å². The number of primary amides is 1. The lowest BCUT2D eigenvalue weighted by molar-refractivity contribution is -0.402. The number of furan rings is 1. The van der Waals surface area contributed by atoms with Gasteiger partial charge in [-0.1, -0.05) is 0 Å². The molecule has 102 valence electrons. The molecular formula is C10H12N4O5. The van der Waals surface area contributed by atoms with E-state index in [1.165, 1.54) is 30.5 Å². The van der Waals surface area contributed by atoms with Crippen molar-refractivity contribution in [2.24, 2.45) is 10.8 Å². The standard InChI is InChI=1S/C10H12N4O5/c11-10(16)13(6-7-15)12-5-1-2-8-3-4-9(19-8)14(17)18/h1-5,15H,6-7H2,(H2,11,16)/b2-1+,12-5-. The van der Waals surface area contributed by atoms with E-state index in [-0.39, 0.29) is 24.8 Å². The zero-order valence-corrected chi connectivity index (χ0v) is 9.80. The van der Waals surface area contributed by atoms with Crippen molar-refractivity contribution in [1.29, 1.82) is 0 Å². The van der Waals surface area contributed by atoms with Gasteiger partial charge in [0.2, 0.25) is 0 Å². The SMILES string of the molecule is NC(=O)N(CCO)/N=C\C=C\c1ccc([N+](=O)[O-])o1. The van der Waals surface area contributed by atoms with Crippen LogP contribution in [0.4, 0.5) is 10.7 Å². The zero-order valence-electron chi connectivity index (χ0n) is 9.80. The smallest absolute Gasteiger partial charge is 0.401 e. The molecule has 0 saturated heterocycles. The van der Waals surface area contributed by atoms with Gasteiger partial charge in [-0.05, 0) is 18.2 Å². The van der Waals surface area contributed by atoms with Gasteiger partial charge in [0.25, 0.3) is 0 Å². The molecule has 1 aromatic rings. The van der Waals surface area contributed by atoms with Gasteiger partial charge < -0.3 is 15.3 Å². The fourth-order valence-corrected chi connectivity index (χ4v) is 1.11. The van der Waals surface area contributed by atoms with E-state index < -0.39 is 11.0 Å². The Labute approximate surface area is 107 Å². The summed E-state index contributed by atoms with van der Waals surface area (Å²) >= 11 is 0. The van der Waals surface area contributed by atoms with Gasteiger partial charge in [0, 0.05) is 6.21 Å². The Kier molecular flexibility index (Phi) is 5.23. The number of aliphatic hydroxyl groups excluding tert-OH is 1. The van der Waals surface area contributed by atoms with Crippen molar-refractivity contribution in [2.45, 2.75) is 0 Å². The van der Waals surface area contributed by atoms with Gasteiger partial charge in [-0.3, -0.25) is 10.1 Å². The highest BCUT2D eigenvalue weighted by Crippen LogP contribution is 2.16. The number of carbonyl (C=O) groups excluding carboxylic acids is 1. The molecule has 1 heterocycles. The summed E-state index contributed by atoms with van der Waals surface area (Å²) in [5.74, 6) is -0.0958. The Morgan fingerprint density at radius 2 is 2.37 bits per heavy atom. The van der Waals surface area contributed by atoms with E-state index in [4.69, 9.17) is 15.3 Å². The molecular weight excluding hydrogens is 256 g/mol. The normalized spacial score (nSPS) is 11.2. The first-order valence-electron chi connectivity index (χ1n) is 5.17. The summed E-state index contributed by atoms with van der Waals surface area (Å²) in [6, 6.07) is 1.84. The predicted molar refractivity (Wildman–Crippen MR) is 66.3 cm³/mol. The summed E-state index contributed by atoms with van der Waals surface area (Å²) in [6.07, 6.45) is 4.08. The molecule has 0 aliphatic carbocycles. The quantitative estimate of drug-likeness (QED) is 0.441. The summed E-state index contributed by atoms with van der Waals surface area (Å²) in [5.41, 5.74) is 5.00. The van der Waals surface area contributed by atoms with E-state index in [0.717, 1.165) is 5.01 Å². The van der Waals surface area contributed by atoms with Crippen molar-refractivity contribution in [3.63, 3.8) is 0 Å². The van der Waals surface area contributed by atoms with E-state index in [1.807, 2.05) is 0 Å². The minimum Gasteiger partial charge on any atom is -0.401 e. The molecule has 0 saturated carbocycles. The summed E-state index contributed by atoms with van der Waals surface area (Å²) < 4.78 is 4.85. The highest BCUT2D eigenvalue weighted by molar-refractivity contribution is 5.79. The summed E-state index contributed by atoms with van der Waals surface area (Å²) in [6.45, 7) is -0.291. The number of amides is 2. The third-order valence-corrected chi connectivity index (χ3v) is 1.91. The maximum Gasteiger partial charge on any atom is 0.433 e. The highest BCUT2D eigenvalue weighted by atomic mass is 16.6. The number of allylic oxidation sites excluding steroid dienone is 1. The molecule has 0 aliphatic rings. The lowest BCUT2D eigenvalue weighted by Gasteiger charge is -2.10. The van der Waals surface area contributed by atoms with Gasteiger partial charge in [-0.15, -0.1) is 0 Å². The van der Waals surface area contributed by atoms with Crippen LogP contribution in [-0.4, -0.2) is 40.4 Å². The van der Waals surface area contributed by atoms with Gasteiger partial charge >= 0.3 is 11.9 Å². The molecule has 1 rings (SSSR count). The average molecular weight is 268 g/mol.